The second-order valence-electron chi connectivity index (χ2n) is 5.49. The average molecular weight is 302 g/mol. The third kappa shape index (κ3) is 2.82. The van der Waals surface area contributed by atoms with Gasteiger partial charge in [0.1, 0.15) is 4.21 Å². The van der Waals surface area contributed by atoms with Crippen LogP contribution in [0.5, 0.6) is 0 Å². The lowest BCUT2D eigenvalue weighted by atomic mass is 10.1. The van der Waals surface area contributed by atoms with Crippen molar-refractivity contribution in [2.75, 3.05) is 19.6 Å². The van der Waals surface area contributed by atoms with Crippen LogP contribution in [0.4, 0.5) is 0 Å². The molecule has 0 aromatic carbocycles. The minimum Gasteiger partial charge on any atom is -0.335 e. The number of carbonyl (C=O) groups is 1. The van der Waals surface area contributed by atoms with Gasteiger partial charge >= 0.3 is 0 Å². The maximum Gasteiger partial charge on any atom is 0.253 e. The molecule has 0 saturated carbocycles. The Kier molecular flexibility index (Phi) is 3.72. The van der Waals surface area contributed by atoms with Crippen molar-refractivity contribution in [1.82, 2.24) is 9.21 Å². The molecule has 106 valence electrons. The molecule has 0 radical (unpaired) electrons. The second kappa shape index (κ2) is 4.88. The maximum absolute atomic E-state index is 12.3. The molecule has 19 heavy (non-hydrogen) atoms. The fourth-order valence-corrected chi connectivity index (χ4v) is 4.63. The predicted molar refractivity (Wildman–Crippen MR) is 74.5 cm³/mol. The quantitative estimate of drug-likeness (QED) is 0.829. The Balaban J connectivity index is 2.18. The van der Waals surface area contributed by atoms with E-state index in [1.165, 1.54) is 15.6 Å². The molecule has 1 aliphatic heterocycles. The van der Waals surface area contributed by atoms with Crippen LogP contribution in [0, 0.1) is 0 Å². The summed E-state index contributed by atoms with van der Waals surface area (Å²) in [5.74, 6) is -0.140. The van der Waals surface area contributed by atoms with Crippen LogP contribution in [0.1, 0.15) is 20.8 Å². The molecule has 1 aromatic heterocycles. The van der Waals surface area contributed by atoms with E-state index < -0.39 is 10.0 Å². The number of amides is 1. The first-order valence-corrected chi connectivity index (χ1v) is 8.39. The molecule has 1 aromatic rings. The second-order valence-corrected chi connectivity index (χ2v) is 8.60. The number of hydrogen-bond acceptors (Lipinski definition) is 4. The molecule has 1 aliphatic rings. The molecule has 2 heterocycles. The van der Waals surface area contributed by atoms with E-state index >= 15 is 0 Å². The van der Waals surface area contributed by atoms with Crippen molar-refractivity contribution in [3.05, 3.63) is 17.5 Å². The summed E-state index contributed by atoms with van der Waals surface area (Å²) in [5.41, 5.74) is -0.268. The number of nitrogens with zero attached hydrogens (tertiary/aromatic N) is 2. The summed E-state index contributed by atoms with van der Waals surface area (Å²) in [7, 11) is -3.52. The largest absolute Gasteiger partial charge is 0.335 e. The molecule has 0 atom stereocenters. The first-order valence-electron chi connectivity index (χ1n) is 6.07. The van der Waals surface area contributed by atoms with E-state index in [-0.39, 0.29) is 18.0 Å². The highest BCUT2D eigenvalue weighted by Gasteiger charge is 2.37. The van der Waals surface area contributed by atoms with Crippen molar-refractivity contribution < 1.29 is 13.2 Å². The molecule has 0 unspecified atom stereocenters. The van der Waals surface area contributed by atoms with Gasteiger partial charge in [-0.15, -0.1) is 11.3 Å². The Morgan fingerprint density at radius 2 is 1.95 bits per heavy atom. The van der Waals surface area contributed by atoms with Gasteiger partial charge in [-0.3, -0.25) is 4.79 Å². The number of thiophene rings is 1. The number of rotatable bonds is 2. The van der Waals surface area contributed by atoms with Crippen LogP contribution in [0.2, 0.25) is 0 Å². The number of carbonyl (C=O) groups excluding carboxylic acids is 1. The molecule has 1 saturated heterocycles. The van der Waals surface area contributed by atoms with Gasteiger partial charge in [-0.25, -0.2) is 8.42 Å². The molecule has 0 spiro atoms. The SMILES string of the molecule is CC(C)(C)N1CCN(S(=O)(=O)c2cccs2)CC1=O. The Hall–Kier alpha value is -0.920. The molecule has 0 bridgehead atoms. The summed E-state index contributed by atoms with van der Waals surface area (Å²) in [5, 5.41) is 1.72. The van der Waals surface area contributed by atoms with Crippen molar-refractivity contribution in [3.8, 4) is 0 Å². The Bertz CT molecular complexity index is 558. The third-order valence-corrected chi connectivity index (χ3v) is 6.30. The summed E-state index contributed by atoms with van der Waals surface area (Å²) < 4.78 is 26.2. The number of piperazine rings is 1. The molecule has 0 aliphatic carbocycles. The highest BCUT2D eigenvalue weighted by atomic mass is 32.2. The Morgan fingerprint density at radius 3 is 2.42 bits per heavy atom. The lowest BCUT2D eigenvalue weighted by Crippen LogP contribution is -2.57. The van der Waals surface area contributed by atoms with E-state index in [4.69, 9.17) is 0 Å². The average Bonchev–Trinajstić information content (AvgIpc) is 2.80. The van der Waals surface area contributed by atoms with E-state index in [2.05, 4.69) is 0 Å². The topological polar surface area (TPSA) is 57.7 Å². The van der Waals surface area contributed by atoms with Gasteiger partial charge in [0.15, 0.2) is 0 Å². The van der Waals surface area contributed by atoms with Crippen molar-refractivity contribution in [3.63, 3.8) is 0 Å². The predicted octanol–water partition coefficient (Wildman–Crippen LogP) is 1.38. The van der Waals surface area contributed by atoms with E-state index in [9.17, 15) is 13.2 Å². The number of sulfonamides is 1. The Morgan fingerprint density at radius 1 is 1.26 bits per heavy atom. The van der Waals surface area contributed by atoms with Crippen LogP contribution in [0.3, 0.4) is 0 Å². The first-order chi connectivity index (χ1) is 8.73. The van der Waals surface area contributed by atoms with Gasteiger partial charge in [0.05, 0.1) is 6.54 Å². The monoisotopic (exact) mass is 302 g/mol. The van der Waals surface area contributed by atoms with Gasteiger partial charge in [0.2, 0.25) is 5.91 Å². The first kappa shape index (κ1) is 14.5. The van der Waals surface area contributed by atoms with E-state index in [0.717, 1.165) is 0 Å². The molecule has 0 N–H and O–H groups in total. The van der Waals surface area contributed by atoms with Crippen LogP contribution in [-0.2, 0) is 14.8 Å². The van der Waals surface area contributed by atoms with Gasteiger partial charge in [-0.2, -0.15) is 4.31 Å². The van der Waals surface area contributed by atoms with E-state index in [1.54, 1.807) is 22.4 Å². The van der Waals surface area contributed by atoms with Crippen LogP contribution in [0.15, 0.2) is 21.7 Å². The normalized spacial score (nSPS) is 18.9. The van der Waals surface area contributed by atoms with E-state index in [0.29, 0.717) is 17.3 Å². The lowest BCUT2D eigenvalue weighted by Gasteiger charge is -2.41. The smallest absolute Gasteiger partial charge is 0.253 e. The van der Waals surface area contributed by atoms with Gasteiger partial charge < -0.3 is 4.90 Å². The highest BCUT2D eigenvalue weighted by molar-refractivity contribution is 7.91. The molecule has 1 fully saturated rings. The van der Waals surface area contributed by atoms with Gasteiger partial charge in [-0.1, -0.05) is 6.07 Å². The molecular formula is C12H18N2O3S2. The maximum atomic E-state index is 12.3. The van der Waals surface area contributed by atoms with Crippen molar-refractivity contribution >= 4 is 27.3 Å². The molecular weight excluding hydrogens is 284 g/mol. The van der Waals surface area contributed by atoms with Crippen molar-refractivity contribution in [2.45, 2.75) is 30.5 Å². The summed E-state index contributed by atoms with van der Waals surface area (Å²) in [4.78, 5) is 13.8. The van der Waals surface area contributed by atoms with Crippen LogP contribution >= 0.6 is 11.3 Å². The van der Waals surface area contributed by atoms with Crippen molar-refractivity contribution in [1.29, 1.82) is 0 Å². The summed E-state index contributed by atoms with van der Waals surface area (Å²) in [6.07, 6.45) is 0. The third-order valence-electron chi connectivity index (χ3n) is 3.08. The molecule has 5 nitrogen and oxygen atoms in total. The zero-order valence-corrected chi connectivity index (χ0v) is 12.9. The summed E-state index contributed by atoms with van der Waals surface area (Å²) in [6.45, 7) is 6.57. The van der Waals surface area contributed by atoms with Gasteiger partial charge in [0, 0.05) is 18.6 Å². The summed E-state index contributed by atoms with van der Waals surface area (Å²) in [6, 6.07) is 3.27. The summed E-state index contributed by atoms with van der Waals surface area (Å²) >= 11 is 1.18. The lowest BCUT2D eigenvalue weighted by molar-refractivity contribution is -0.139. The number of hydrogen-bond donors (Lipinski definition) is 0. The minimum atomic E-state index is -3.52. The fraction of sp³-hybridized carbons (Fsp3) is 0.583. The molecule has 7 heteroatoms. The fourth-order valence-electron chi connectivity index (χ4n) is 2.10. The van der Waals surface area contributed by atoms with Crippen LogP contribution in [0.25, 0.3) is 0 Å². The van der Waals surface area contributed by atoms with Crippen LogP contribution < -0.4 is 0 Å². The Labute approximate surface area is 117 Å². The van der Waals surface area contributed by atoms with Gasteiger partial charge in [0.25, 0.3) is 10.0 Å². The standard InChI is InChI=1S/C12H18N2O3S2/c1-12(2,3)14-7-6-13(9-10(14)15)19(16,17)11-5-4-8-18-11/h4-5,8H,6-7,9H2,1-3H3. The molecule has 1 amide bonds. The molecule has 2 rings (SSSR count). The van der Waals surface area contributed by atoms with Gasteiger partial charge in [-0.05, 0) is 32.2 Å². The highest BCUT2D eigenvalue weighted by Crippen LogP contribution is 2.24. The minimum absolute atomic E-state index is 0.0719. The van der Waals surface area contributed by atoms with Crippen LogP contribution in [-0.4, -0.2) is 48.7 Å². The van der Waals surface area contributed by atoms with E-state index in [1.807, 2.05) is 20.8 Å². The van der Waals surface area contributed by atoms with Crippen molar-refractivity contribution in [2.24, 2.45) is 0 Å². The zero-order chi connectivity index (χ0) is 14.3. The zero-order valence-electron chi connectivity index (χ0n) is 11.3.